The molecule has 2 N–H and O–H groups in total. The van der Waals surface area contributed by atoms with Gasteiger partial charge < -0.3 is 14.2 Å². The molecule has 0 aromatic carbocycles. The smallest absolute Gasteiger partial charge is 0.330 e. The fourth-order valence-corrected chi connectivity index (χ4v) is 2.03. The van der Waals surface area contributed by atoms with E-state index in [1.165, 1.54) is 26.5 Å². The zero-order chi connectivity index (χ0) is 18.2. The maximum absolute atomic E-state index is 11.9. The van der Waals surface area contributed by atoms with Crippen molar-refractivity contribution in [2.24, 2.45) is 0 Å². The molecule has 0 aliphatic heterocycles. The molecule has 1 rings (SSSR count). The van der Waals surface area contributed by atoms with Crippen molar-refractivity contribution in [2.45, 2.75) is 12.3 Å². The monoisotopic (exact) mass is 367 g/mol. The van der Waals surface area contributed by atoms with E-state index in [2.05, 4.69) is 4.98 Å². The Labute approximate surface area is 138 Å². The largest absolute Gasteiger partial charge is 0.382 e. The number of nitrogens with zero attached hydrogens (tertiary/aromatic N) is 1. The number of sulfonamides is 1. The summed E-state index contributed by atoms with van der Waals surface area (Å²) in [5, 5.41) is 0. The molecule has 0 aliphatic rings. The third-order valence-corrected chi connectivity index (χ3v) is 3.07. The van der Waals surface area contributed by atoms with Gasteiger partial charge in [-0.05, 0) is 0 Å². The fraction of sp³-hybridized carbons (Fsp3) is 0.667. The number of hydrogen-bond acceptors (Lipinski definition) is 8. The number of rotatable bonds is 11. The van der Waals surface area contributed by atoms with Gasteiger partial charge in [0, 0.05) is 26.5 Å². The SMILES string of the molecule is COCC(CONS(C)(=O)=O)O[C@H](COC)n1ccc(=O)[nH]c1=O. The van der Waals surface area contributed by atoms with E-state index in [4.69, 9.17) is 19.0 Å². The van der Waals surface area contributed by atoms with Gasteiger partial charge in [-0.1, -0.05) is 4.89 Å². The first-order valence-electron chi connectivity index (χ1n) is 6.80. The first kappa shape index (κ1) is 20.5. The van der Waals surface area contributed by atoms with Gasteiger partial charge in [-0.25, -0.2) is 13.2 Å². The lowest BCUT2D eigenvalue weighted by Crippen LogP contribution is -2.39. The lowest BCUT2D eigenvalue weighted by molar-refractivity contribution is -0.136. The third kappa shape index (κ3) is 7.33. The van der Waals surface area contributed by atoms with Crippen LogP contribution < -0.4 is 16.1 Å². The second-order valence-corrected chi connectivity index (χ2v) is 6.52. The molecule has 1 unspecified atom stereocenters. The summed E-state index contributed by atoms with van der Waals surface area (Å²) in [6.45, 7) is -0.0886. The molecule has 0 aliphatic carbocycles. The normalized spacial score (nSPS) is 14.5. The number of nitrogens with one attached hydrogen (secondary N) is 2. The van der Waals surface area contributed by atoms with Crippen LogP contribution in [0, 0.1) is 0 Å². The molecule has 24 heavy (non-hydrogen) atoms. The maximum atomic E-state index is 11.9. The summed E-state index contributed by atoms with van der Waals surface area (Å²) < 4.78 is 38.8. The highest BCUT2D eigenvalue weighted by Crippen LogP contribution is 2.10. The summed E-state index contributed by atoms with van der Waals surface area (Å²) in [7, 11) is -0.680. The topological polar surface area (TPSA) is 138 Å². The number of hydrogen-bond donors (Lipinski definition) is 2. The Hall–Kier alpha value is -1.57. The molecule has 1 aromatic rings. The molecule has 0 radical (unpaired) electrons. The van der Waals surface area contributed by atoms with Crippen LogP contribution in [0.3, 0.4) is 0 Å². The van der Waals surface area contributed by atoms with Gasteiger partial charge in [0.05, 0.1) is 26.1 Å². The summed E-state index contributed by atoms with van der Waals surface area (Å²) in [4.78, 5) is 31.8. The second-order valence-electron chi connectivity index (χ2n) is 4.81. The molecule has 0 saturated carbocycles. The standard InChI is InChI=1S/C12H21N3O8S/c1-20-6-9(7-22-14-24(3,18)19)23-11(8-21-2)15-5-4-10(16)13-12(15)17/h4-5,9,11,14H,6-8H2,1-3H3,(H,13,16,17)/t9?,11-/m1/s1. The van der Waals surface area contributed by atoms with Gasteiger partial charge in [-0.2, -0.15) is 0 Å². The molecule has 0 fully saturated rings. The Morgan fingerprint density at radius 3 is 2.42 bits per heavy atom. The molecule has 12 heteroatoms. The molecule has 0 saturated heterocycles. The maximum Gasteiger partial charge on any atom is 0.330 e. The Kier molecular flexibility index (Phi) is 8.24. The minimum Gasteiger partial charge on any atom is -0.382 e. The number of H-pyrrole nitrogens is 1. The molecule has 1 aromatic heterocycles. The van der Waals surface area contributed by atoms with Crippen molar-refractivity contribution in [1.82, 2.24) is 14.4 Å². The Balaban J connectivity index is 2.84. The van der Waals surface area contributed by atoms with Gasteiger partial charge in [-0.15, -0.1) is 0 Å². The van der Waals surface area contributed by atoms with E-state index >= 15 is 0 Å². The number of aromatic nitrogens is 2. The molecule has 0 spiro atoms. The van der Waals surface area contributed by atoms with Crippen LogP contribution in [-0.4, -0.2) is 64.4 Å². The van der Waals surface area contributed by atoms with Crippen molar-refractivity contribution in [3.63, 3.8) is 0 Å². The van der Waals surface area contributed by atoms with Crippen LogP contribution in [-0.2, 0) is 29.1 Å². The van der Waals surface area contributed by atoms with Gasteiger partial charge in [0.25, 0.3) is 5.56 Å². The minimum atomic E-state index is -3.53. The van der Waals surface area contributed by atoms with Gasteiger partial charge in [0.2, 0.25) is 10.0 Å². The number of methoxy groups -OCH3 is 2. The summed E-state index contributed by atoms with van der Waals surface area (Å²) in [5.41, 5.74) is -1.21. The van der Waals surface area contributed by atoms with E-state index in [-0.39, 0.29) is 19.8 Å². The number of ether oxygens (including phenoxy) is 3. The summed E-state index contributed by atoms with van der Waals surface area (Å²) in [5.74, 6) is 0. The third-order valence-electron chi connectivity index (χ3n) is 2.65. The van der Waals surface area contributed by atoms with Crippen LogP contribution in [0.2, 0.25) is 0 Å². The van der Waals surface area contributed by atoms with Gasteiger partial charge in [-0.3, -0.25) is 19.2 Å². The summed E-state index contributed by atoms with van der Waals surface area (Å²) >= 11 is 0. The van der Waals surface area contributed by atoms with Crippen molar-refractivity contribution in [3.05, 3.63) is 33.1 Å². The first-order chi connectivity index (χ1) is 11.3. The van der Waals surface area contributed by atoms with Crippen LogP contribution in [0.15, 0.2) is 21.9 Å². The van der Waals surface area contributed by atoms with Crippen molar-refractivity contribution in [3.8, 4) is 0 Å². The lowest BCUT2D eigenvalue weighted by atomic mass is 10.4. The zero-order valence-corrected chi connectivity index (χ0v) is 14.4. The molecule has 138 valence electrons. The molecule has 0 bridgehead atoms. The van der Waals surface area contributed by atoms with Crippen LogP contribution in [0.25, 0.3) is 0 Å². The van der Waals surface area contributed by atoms with Crippen LogP contribution in [0.4, 0.5) is 0 Å². The highest BCUT2D eigenvalue weighted by Gasteiger charge is 2.20. The fourth-order valence-electron chi connectivity index (χ4n) is 1.75. The van der Waals surface area contributed by atoms with Gasteiger partial charge in [0.15, 0.2) is 6.23 Å². The van der Waals surface area contributed by atoms with Gasteiger partial charge >= 0.3 is 5.69 Å². The van der Waals surface area contributed by atoms with E-state index < -0.39 is 33.6 Å². The van der Waals surface area contributed by atoms with Crippen molar-refractivity contribution in [1.29, 1.82) is 0 Å². The second kappa shape index (κ2) is 9.66. The van der Waals surface area contributed by atoms with E-state index in [9.17, 15) is 18.0 Å². The molecule has 1 heterocycles. The summed E-state index contributed by atoms with van der Waals surface area (Å²) in [6, 6.07) is 1.17. The van der Waals surface area contributed by atoms with E-state index in [1.807, 2.05) is 4.89 Å². The van der Waals surface area contributed by atoms with Crippen LogP contribution >= 0.6 is 0 Å². The van der Waals surface area contributed by atoms with E-state index in [0.717, 1.165) is 10.8 Å². The van der Waals surface area contributed by atoms with Crippen LogP contribution in [0.5, 0.6) is 0 Å². The Bertz CT molecular complexity index is 714. The van der Waals surface area contributed by atoms with Crippen LogP contribution in [0.1, 0.15) is 6.23 Å². The highest BCUT2D eigenvalue weighted by atomic mass is 32.2. The number of aromatic amines is 1. The molecular weight excluding hydrogens is 346 g/mol. The average Bonchev–Trinajstić information content (AvgIpc) is 2.45. The van der Waals surface area contributed by atoms with Crippen molar-refractivity contribution >= 4 is 10.0 Å². The zero-order valence-electron chi connectivity index (χ0n) is 13.6. The molecule has 11 nitrogen and oxygen atoms in total. The highest BCUT2D eigenvalue weighted by molar-refractivity contribution is 7.88. The molecule has 2 atom stereocenters. The van der Waals surface area contributed by atoms with Crippen molar-refractivity contribution in [2.75, 3.05) is 40.3 Å². The van der Waals surface area contributed by atoms with Gasteiger partial charge in [0.1, 0.15) is 6.10 Å². The predicted molar refractivity (Wildman–Crippen MR) is 82.9 cm³/mol. The quantitative estimate of drug-likeness (QED) is 0.437. The summed E-state index contributed by atoms with van der Waals surface area (Å²) in [6.07, 6.45) is 0.626. The predicted octanol–water partition coefficient (Wildman–Crippen LogP) is -1.81. The molecule has 0 amide bonds. The Morgan fingerprint density at radius 2 is 1.88 bits per heavy atom. The van der Waals surface area contributed by atoms with E-state index in [0.29, 0.717) is 0 Å². The lowest BCUT2D eigenvalue weighted by Gasteiger charge is -2.25. The minimum absolute atomic E-state index is 0.00562. The average molecular weight is 367 g/mol. The van der Waals surface area contributed by atoms with E-state index in [1.54, 1.807) is 0 Å². The van der Waals surface area contributed by atoms with Crippen molar-refractivity contribution < 1.29 is 27.5 Å². The Morgan fingerprint density at radius 1 is 1.21 bits per heavy atom. The molecular formula is C12H21N3O8S. The first-order valence-corrected chi connectivity index (χ1v) is 8.69.